The van der Waals surface area contributed by atoms with Crippen molar-refractivity contribution in [2.24, 2.45) is 11.8 Å². The third kappa shape index (κ3) is 1.63. The van der Waals surface area contributed by atoms with Crippen molar-refractivity contribution in [2.75, 3.05) is 7.11 Å². The molecule has 0 aromatic heterocycles. The van der Waals surface area contributed by atoms with Gasteiger partial charge in [0.2, 0.25) is 0 Å². The fourth-order valence-corrected chi connectivity index (χ4v) is 1.65. The van der Waals surface area contributed by atoms with Crippen LogP contribution in [0.2, 0.25) is 0 Å². The van der Waals surface area contributed by atoms with Gasteiger partial charge in [0.25, 0.3) is 0 Å². The van der Waals surface area contributed by atoms with Crippen LogP contribution in [0.3, 0.4) is 0 Å². The monoisotopic (exact) mass is 174 g/mol. The van der Waals surface area contributed by atoms with Crippen LogP contribution in [0.4, 0.5) is 0 Å². The minimum atomic E-state index is -0.321. The molecule has 0 aromatic rings. The SMILES string of the molecule is COC1O[C@H](C)[C@@H](C)[C@H](O)[C@@H]1C. The predicted octanol–water partition coefficient (Wildman–Crippen LogP) is 1.01. The molecule has 1 rings (SSSR count). The summed E-state index contributed by atoms with van der Waals surface area (Å²) in [5.74, 6) is 0.243. The van der Waals surface area contributed by atoms with Crippen molar-refractivity contribution >= 4 is 0 Å². The lowest BCUT2D eigenvalue weighted by Gasteiger charge is -2.40. The van der Waals surface area contributed by atoms with Gasteiger partial charge >= 0.3 is 0 Å². The maximum absolute atomic E-state index is 9.76. The van der Waals surface area contributed by atoms with Gasteiger partial charge in [-0.3, -0.25) is 0 Å². The van der Waals surface area contributed by atoms with Crippen molar-refractivity contribution in [2.45, 2.75) is 39.3 Å². The third-order valence-corrected chi connectivity index (χ3v) is 2.83. The maximum atomic E-state index is 9.76. The van der Waals surface area contributed by atoms with Gasteiger partial charge in [-0.1, -0.05) is 13.8 Å². The Hall–Kier alpha value is -0.120. The second-order valence-electron chi connectivity index (χ2n) is 3.65. The average molecular weight is 174 g/mol. The van der Waals surface area contributed by atoms with E-state index in [4.69, 9.17) is 9.47 Å². The van der Waals surface area contributed by atoms with E-state index < -0.39 is 0 Å². The van der Waals surface area contributed by atoms with E-state index in [1.54, 1.807) is 7.11 Å². The van der Waals surface area contributed by atoms with Gasteiger partial charge in [0.05, 0.1) is 12.2 Å². The lowest BCUT2D eigenvalue weighted by atomic mass is 9.86. The normalized spacial score (nSPS) is 49.2. The van der Waals surface area contributed by atoms with Crippen LogP contribution in [0.15, 0.2) is 0 Å². The van der Waals surface area contributed by atoms with E-state index in [1.807, 2.05) is 20.8 Å². The molecule has 1 heterocycles. The van der Waals surface area contributed by atoms with E-state index in [-0.39, 0.29) is 30.3 Å². The van der Waals surface area contributed by atoms with Crippen molar-refractivity contribution in [1.29, 1.82) is 0 Å². The molecule has 0 bridgehead atoms. The van der Waals surface area contributed by atoms with Crippen molar-refractivity contribution in [1.82, 2.24) is 0 Å². The van der Waals surface area contributed by atoms with Crippen LogP contribution in [0.1, 0.15) is 20.8 Å². The van der Waals surface area contributed by atoms with Crippen molar-refractivity contribution in [3.8, 4) is 0 Å². The summed E-state index contributed by atoms with van der Waals surface area (Å²) >= 11 is 0. The zero-order valence-electron chi connectivity index (χ0n) is 8.15. The van der Waals surface area contributed by atoms with Gasteiger partial charge in [-0.2, -0.15) is 0 Å². The predicted molar refractivity (Wildman–Crippen MR) is 45.7 cm³/mol. The summed E-state index contributed by atoms with van der Waals surface area (Å²) in [5, 5.41) is 9.76. The van der Waals surface area contributed by atoms with E-state index >= 15 is 0 Å². The van der Waals surface area contributed by atoms with Crippen LogP contribution in [0, 0.1) is 11.8 Å². The van der Waals surface area contributed by atoms with Gasteiger partial charge in [0.15, 0.2) is 6.29 Å². The number of ether oxygens (including phenoxy) is 2. The van der Waals surface area contributed by atoms with Gasteiger partial charge < -0.3 is 14.6 Å². The Balaban J connectivity index is 2.63. The summed E-state index contributed by atoms with van der Waals surface area (Å²) < 4.78 is 10.7. The number of aliphatic hydroxyl groups is 1. The molecule has 0 spiro atoms. The van der Waals surface area contributed by atoms with E-state index in [0.29, 0.717) is 0 Å². The fourth-order valence-electron chi connectivity index (χ4n) is 1.65. The molecular formula is C9H18O3. The molecular weight excluding hydrogens is 156 g/mol. The van der Waals surface area contributed by atoms with Crippen LogP contribution >= 0.6 is 0 Å². The molecule has 1 N–H and O–H groups in total. The molecule has 0 amide bonds. The highest BCUT2D eigenvalue weighted by Gasteiger charge is 2.38. The van der Waals surface area contributed by atoms with E-state index in [1.165, 1.54) is 0 Å². The van der Waals surface area contributed by atoms with Crippen LogP contribution in [0.5, 0.6) is 0 Å². The number of hydrogen-bond donors (Lipinski definition) is 1. The topological polar surface area (TPSA) is 38.7 Å². The smallest absolute Gasteiger partial charge is 0.162 e. The third-order valence-electron chi connectivity index (χ3n) is 2.83. The minimum absolute atomic E-state index is 0.0567. The summed E-state index contributed by atoms with van der Waals surface area (Å²) in [5.41, 5.74) is 0. The second-order valence-corrected chi connectivity index (χ2v) is 3.65. The first-order valence-electron chi connectivity index (χ1n) is 4.44. The average Bonchev–Trinajstić information content (AvgIpc) is 2.08. The van der Waals surface area contributed by atoms with Crippen molar-refractivity contribution in [3.05, 3.63) is 0 Å². The first kappa shape index (κ1) is 9.96. The number of methoxy groups -OCH3 is 1. The summed E-state index contributed by atoms with van der Waals surface area (Å²) in [6.07, 6.45) is -0.508. The number of rotatable bonds is 1. The Morgan fingerprint density at radius 3 is 2.25 bits per heavy atom. The van der Waals surface area contributed by atoms with Crippen LogP contribution in [-0.4, -0.2) is 30.7 Å². The Bertz CT molecular complexity index is 144. The molecule has 1 saturated heterocycles. The first-order chi connectivity index (χ1) is 5.57. The Labute approximate surface area is 73.7 Å². The number of hydrogen-bond acceptors (Lipinski definition) is 3. The summed E-state index contributed by atoms with van der Waals surface area (Å²) in [7, 11) is 1.61. The fraction of sp³-hybridized carbons (Fsp3) is 1.00. The largest absolute Gasteiger partial charge is 0.392 e. The highest BCUT2D eigenvalue weighted by atomic mass is 16.7. The van der Waals surface area contributed by atoms with Crippen LogP contribution in [0.25, 0.3) is 0 Å². The highest BCUT2D eigenvalue weighted by molar-refractivity contribution is 4.82. The van der Waals surface area contributed by atoms with E-state index in [9.17, 15) is 5.11 Å². The molecule has 0 aromatic carbocycles. The summed E-state index contributed by atoms with van der Waals surface area (Å²) in [6, 6.07) is 0. The van der Waals surface area contributed by atoms with Crippen LogP contribution in [-0.2, 0) is 9.47 Å². The molecule has 0 aliphatic carbocycles. The maximum Gasteiger partial charge on any atom is 0.162 e. The Morgan fingerprint density at radius 1 is 1.17 bits per heavy atom. The Kier molecular flexibility index (Phi) is 3.09. The zero-order chi connectivity index (χ0) is 9.30. The van der Waals surface area contributed by atoms with Gasteiger partial charge in [0, 0.05) is 18.9 Å². The van der Waals surface area contributed by atoms with Gasteiger partial charge in [-0.05, 0) is 6.92 Å². The van der Waals surface area contributed by atoms with Gasteiger partial charge in [0.1, 0.15) is 0 Å². The molecule has 3 nitrogen and oxygen atoms in total. The van der Waals surface area contributed by atoms with E-state index in [2.05, 4.69) is 0 Å². The summed E-state index contributed by atoms with van der Waals surface area (Å²) in [6.45, 7) is 5.91. The molecule has 3 heteroatoms. The second kappa shape index (κ2) is 3.73. The van der Waals surface area contributed by atoms with Crippen molar-refractivity contribution in [3.63, 3.8) is 0 Å². The molecule has 5 atom stereocenters. The van der Waals surface area contributed by atoms with Crippen LogP contribution < -0.4 is 0 Å². The standard InChI is InChI=1S/C9H18O3/c1-5-7(3)12-9(11-4)6(2)8(5)10/h5-10H,1-4H3/t5-,6+,7-,8+,9?/m1/s1. The molecule has 0 radical (unpaired) electrons. The lowest BCUT2D eigenvalue weighted by molar-refractivity contribution is -0.248. The summed E-state index contributed by atoms with van der Waals surface area (Å²) in [4.78, 5) is 0. The molecule has 12 heavy (non-hydrogen) atoms. The highest BCUT2D eigenvalue weighted by Crippen LogP contribution is 2.29. The molecule has 0 saturated carbocycles. The number of aliphatic hydroxyl groups excluding tert-OH is 1. The first-order valence-corrected chi connectivity index (χ1v) is 4.44. The molecule has 72 valence electrons. The van der Waals surface area contributed by atoms with Gasteiger partial charge in [-0.15, -0.1) is 0 Å². The van der Waals surface area contributed by atoms with E-state index in [0.717, 1.165) is 0 Å². The van der Waals surface area contributed by atoms with Gasteiger partial charge in [-0.25, -0.2) is 0 Å². The molecule has 1 aliphatic rings. The zero-order valence-corrected chi connectivity index (χ0v) is 8.15. The molecule has 1 fully saturated rings. The Morgan fingerprint density at radius 2 is 1.75 bits per heavy atom. The molecule has 1 aliphatic heterocycles. The quantitative estimate of drug-likeness (QED) is 0.644. The van der Waals surface area contributed by atoms with Crippen molar-refractivity contribution < 1.29 is 14.6 Å². The lowest BCUT2D eigenvalue weighted by Crippen LogP contribution is -2.48. The molecule has 1 unspecified atom stereocenters. The minimum Gasteiger partial charge on any atom is -0.392 e.